The fourth-order valence-electron chi connectivity index (χ4n) is 9.90. The first-order valence-electron chi connectivity index (χ1n) is 26.6. The minimum atomic E-state index is -1.05. The molecule has 2 aromatic heterocycles. The van der Waals surface area contributed by atoms with Gasteiger partial charge in [-0.15, -0.1) is 0 Å². The van der Waals surface area contributed by atoms with Gasteiger partial charge < -0.3 is 91.1 Å². The third kappa shape index (κ3) is 12.5. The van der Waals surface area contributed by atoms with Gasteiger partial charge in [0.1, 0.15) is 133 Å². The maximum Gasteiger partial charge on any atom is 0.168 e. The summed E-state index contributed by atoms with van der Waals surface area (Å²) in [5.74, 6) is 4.89. The van der Waals surface area contributed by atoms with Crippen molar-refractivity contribution in [2.24, 2.45) is 36.3 Å². The first-order valence-corrected chi connectivity index (χ1v) is 26.6. The van der Waals surface area contributed by atoms with Crippen molar-refractivity contribution in [3.05, 3.63) is 82.2 Å². The lowest BCUT2D eigenvalue weighted by Crippen LogP contribution is -2.41. The summed E-state index contributed by atoms with van der Waals surface area (Å²) in [7, 11) is 12.9. The van der Waals surface area contributed by atoms with Crippen LogP contribution in [0.25, 0.3) is 21.5 Å². The lowest BCUT2D eigenvalue weighted by atomic mass is 9.72. The largest absolute Gasteiger partial charge is 0.495 e. The number of ether oxygens (including phenoxy) is 16. The number of rotatable bonds is 32. The number of nitrogens with zero attached hydrogens (tertiary/aromatic N) is 5. The van der Waals surface area contributed by atoms with Crippen LogP contribution in [-0.2, 0) is 47.4 Å². The van der Waals surface area contributed by atoms with Crippen LogP contribution in [0.4, 0.5) is 11.6 Å². The van der Waals surface area contributed by atoms with E-state index in [9.17, 15) is 0 Å². The van der Waals surface area contributed by atoms with E-state index in [1.165, 1.54) is 0 Å². The third-order valence-corrected chi connectivity index (χ3v) is 13.7. The van der Waals surface area contributed by atoms with Crippen LogP contribution in [0.15, 0.2) is 85.0 Å². The summed E-state index contributed by atoms with van der Waals surface area (Å²) in [5.41, 5.74) is 0.637. The normalized spacial score (nSPS) is 19.6. The Hall–Kier alpha value is -7.29. The van der Waals surface area contributed by atoms with Crippen molar-refractivity contribution in [3.8, 4) is 34.5 Å². The van der Waals surface area contributed by atoms with Crippen LogP contribution < -0.4 is 44.7 Å². The van der Waals surface area contributed by atoms with Gasteiger partial charge in [-0.25, -0.2) is 25.0 Å². The molecule has 0 amide bonds. The molecule has 3 aromatic carbocycles. The zero-order valence-corrected chi connectivity index (χ0v) is 47.4. The second-order valence-electron chi connectivity index (χ2n) is 18.8. The van der Waals surface area contributed by atoms with Gasteiger partial charge in [0.25, 0.3) is 0 Å². The van der Waals surface area contributed by atoms with E-state index in [1.807, 2.05) is 48.6 Å². The highest BCUT2D eigenvalue weighted by molar-refractivity contribution is 6.26. The van der Waals surface area contributed by atoms with Crippen molar-refractivity contribution in [1.29, 1.82) is 0 Å². The van der Waals surface area contributed by atoms with E-state index >= 15 is 0 Å². The summed E-state index contributed by atoms with van der Waals surface area (Å²) in [5, 5.41) is 5.95. The van der Waals surface area contributed by atoms with E-state index in [0.29, 0.717) is 160 Å². The molecule has 3 aliphatic heterocycles. The number of H-pyrrole nitrogens is 2. The molecule has 1 aliphatic carbocycles. The summed E-state index contributed by atoms with van der Waals surface area (Å²) in [6.45, 7) is 6.27. The van der Waals surface area contributed by atoms with E-state index < -0.39 is 17.5 Å². The number of methoxy groups -OCH3 is 8. The van der Waals surface area contributed by atoms with E-state index in [-0.39, 0.29) is 64.5 Å². The van der Waals surface area contributed by atoms with Crippen molar-refractivity contribution >= 4 is 50.7 Å². The summed E-state index contributed by atoms with van der Waals surface area (Å²) >= 11 is 0. The smallest absolute Gasteiger partial charge is 0.168 e. The summed E-state index contributed by atoms with van der Waals surface area (Å²) in [4.78, 5) is 34.6. The van der Waals surface area contributed by atoms with Crippen molar-refractivity contribution in [3.63, 3.8) is 0 Å². The monoisotopic (exact) mass is 1120 g/mol. The van der Waals surface area contributed by atoms with Crippen LogP contribution in [0, 0.1) is 11.3 Å². The fraction of sp³-hybridized carbons (Fsp3) is 0.491. The predicted molar refractivity (Wildman–Crippen MR) is 300 cm³/mol. The number of aromatic nitrogens is 2. The van der Waals surface area contributed by atoms with Gasteiger partial charge in [0.05, 0.1) is 96.9 Å². The molecule has 3 unspecified atom stereocenters. The summed E-state index contributed by atoms with van der Waals surface area (Å²) < 4.78 is 96.2. The molecule has 0 spiro atoms. The number of fused-ring (bicyclic) bond motifs is 19. The zero-order valence-electron chi connectivity index (χ0n) is 47.4. The molecule has 436 valence electrons. The van der Waals surface area contributed by atoms with E-state index in [1.54, 1.807) is 56.9 Å². The van der Waals surface area contributed by atoms with Gasteiger partial charge in [0, 0.05) is 56.9 Å². The molecular weight excluding hydrogens is 1050 g/mol. The van der Waals surface area contributed by atoms with Crippen molar-refractivity contribution < 1.29 is 75.8 Å². The number of aliphatic imine (C=N–C) groups is 3. The quantitative estimate of drug-likeness (QED) is 0.0463. The molecule has 1 saturated heterocycles. The fourth-order valence-corrected chi connectivity index (χ4v) is 9.90. The van der Waals surface area contributed by atoms with Crippen molar-refractivity contribution in [1.82, 2.24) is 15.3 Å². The first kappa shape index (κ1) is 58.4. The average Bonchev–Trinajstić information content (AvgIpc) is 4.10. The molecule has 0 radical (unpaired) electrons. The van der Waals surface area contributed by atoms with Gasteiger partial charge in [-0.05, 0) is 55.5 Å². The summed E-state index contributed by atoms with van der Waals surface area (Å²) in [6, 6.07) is 11.0. The minimum Gasteiger partial charge on any atom is -0.495 e. The van der Waals surface area contributed by atoms with Gasteiger partial charge in [0.15, 0.2) is 11.7 Å². The molecule has 0 saturated carbocycles. The predicted octanol–water partition coefficient (Wildman–Crippen LogP) is 5.28. The topological polar surface area (TPSA) is 253 Å². The molecule has 3 atom stereocenters. The standard InChI is InChI=1S/C57H72N8O16/c1-57-41(81-33-25-73-9)17-16-40(80-32-24-72-8)48(57)55-63-53-45-37(77-29-21-69-5)13-12-36(76-28-20-68-4)44(45)51(61-53)59-49-42-34(74-26-18-66-2)10-11-35(75-27-19-67-3)43(42)50(58-49)60-52-46-38(78-30-22-70-6)14-15-39(79-31-23-71-7)47(46)54(62-52)64-56(57)65-55/h10-17,48,56,61H,18-33H2,1-9H3,(H,63,65)(H,58,59,60,62,64). The molecule has 9 rings (SSSR count). The van der Waals surface area contributed by atoms with E-state index in [0.717, 1.165) is 0 Å². The van der Waals surface area contributed by atoms with Crippen molar-refractivity contribution in [2.45, 2.75) is 13.1 Å². The average molecular weight is 1130 g/mol. The number of hydrogen-bond acceptors (Lipinski definition) is 22. The number of aromatic amines is 2. The third-order valence-electron chi connectivity index (χ3n) is 13.7. The van der Waals surface area contributed by atoms with Crippen LogP contribution in [0.3, 0.4) is 0 Å². The van der Waals surface area contributed by atoms with Crippen molar-refractivity contribution in [2.75, 3.05) is 163 Å². The Morgan fingerprint density at radius 2 is 0.790 bits per heavy atom. The highest BCUT2D eigenvalue weighted by Gasteiger charge is 2.58. The lowest BCUT2D eigenvalue weighted by molar-refractivity contribution is 0.0456. The Morgan fingerprint density at radius 3 is 1.27 bits per heavy atom. The van der Waals surface area contributed by atoms with Gasteiger partial charge in [0.2, 0.25) is 0 Å². The van der Waals surface area contributed by atoms with Crippen LogP contribution in [-0.4, -0.2) is 196 Å². The highest BCUT2D eigenvalue weighted by atomic mass is 16.6. The number of allylic oxidation sites excluding steroid dienone is 2. The Morgan fingerprint density at radius 1 is 0.395 bits per heavy atom. The molecule has 24 nitrogen and oxygen atoms in total. The maximum absolute atomic E-state index is 6.69. The molecule has 1 fully saturated rings. The summed E-state index contributed by atoms with van der Waals surface area (Å²) in [6.07, 6.45) is 2.97. The van der Waals surface area contributed by atoms with Crippen LogP contribution in [0.2, 0.25) is 0 Å². The molecule has 8 bridgehead atoms. The second-order valence-corrected chi connectivity index (χ2v) is 18.8. The number of amidine groups is 3. The molecule has 5 aromatic rings. The molecule has 5 heterocycles. The Balaban J connectivity index is 1.44. The first-order chi connectivity index (χ1) is 39.8. The Kier molecular flexibility index (Phi) is 20.1. The second kappa shape index (κ2) is 27.9. The molecule has 3 N–H and O–H groups in total. The lowest BCUT2D eigenvalue weighted by Gasteiger charge is -2.37. The zero-order chi connectivity index (χ0) is 56.7. The van der Waals surface area contributed by atoms with Crippen LogP contribution in [0.1, 0.15) is 18.1 Å². The SMILES string of the molecule is COCCOC1=CC=C(OCCOC)C2(C)C3/N=c4\[nH]c(c5c(OCCOC)ccc(OCCOC)c45)=NC4=N/C(=N\c5[nH]c(c6c(OCCOC)ccc(OCCOC)c56)/N=C(\N3)C12)c1c(OCCOC)ccc(OCCOC)c14. The molecule has 4 aliphatic rings. The minimum absolute atomic E-state index is 0.202. The molecular formula is C57H72N8O16. The van der Waals surface area contributed by atoms with Gasteiger partial charge in [-0.3, -0.25) is 0 Å². The highest BCUT2D eigenvalue weighted by Crippen LogP contribution is 2.53. The van der Waals surface area contributed by atoms with Gasteiger partial charge >= 0.3 is 0 Å². The number of hydrogen-bond donors (Lipinski definition) is 3. The van der Waals surface area contributed by atoms with Crippen LogP contribution >= 0.6 is 0 Å². The van der Waals surface area contributed by atoms with Gasteiger partial charge in [-0.2, -0.15) is 0 Å². The Bertz CT molecular complexity index is 3280. The Labute approximate surface area is 469 Å². The molecule has 81 heavy (non-hydrogen) atoms. The van der Waals surface area contributed by atoms with E-state index in [2.05, 4.69) is 22.2 Å². The maximum atomic E-state index is 6.69. The van der Waals surface area contributed by atoms with Gasteiger partial charge in [-0.1, -0.05) is 0 Å². The number of benzene rings is 3. The van der Waals surface area contributed by atoms with Crippen LogP contribution in [0.5, 0.6) is 34.5 Å². The number of nitrogens with one attached hydrogen (secondary N) is 3. The van der Waals surface area contributed by atoms with E-state index in [4.69, 9.17) is 101 Å². The molecule has 24 heteroatoms.